The first-order chi connectivity index (χ1) is 14.1. The number of fused-ring (bicyclic) bond motifs is 1. The molecule has 1 aliphatic heterocycles. The summed E-state index contributed by atoms with van der Waals surface area (Å²) in [5.41, 5.74) is 2.76. The van der Waals surface area contributed by atoms with Crippen molar-refractivity contribution in [3.05, 3.63) is 54.1 Å². The van der Waals surface area contributed by atoms with Gasteiger partial charge in [0.25, 0.3) is 0 Å². The van der Waals surface area contributed by atoms with Crippen LogP contribution in [0, 0.1) is 5.82 Å². The van der Waals surface area contributed by atoms with E-state index in [-0.39, 0.29) is 48.2 Å². The molecule has 3 heterocycles. The molecule has 1 aliphatic rings. The largest absolute Gasteiger partial charge is 0.450 e. The second-order valence-electron chi connectivity index (χ2n) is 7.12. The van der Waals surface area contributed by atoms with Gasteiger partial charge >= 0.3 is 6.09 Å². The van der Waals surface area contributed by atoms with Crippen LogP contribution in [0.15, 0.2) is 42.7 Å². The van der Waals surface area contributed by atoms with Crippen molar-refractivity contribution in [3.8, 4) is 0 Å². The summed E-state index contributed by atoms with van der Waals surface area (Å²) in [6, 6.07) is 8.63. The number of piperidine rings is 1. The number of likely N-dealkylation sites (tertiary alicyclic amines) is 1. The van der Waals surface area contributed by atoms with Gasteiger partial charge in [0.2, 0.25) is 5.95 Å². The number of hydrogen-bond acceptors (Lipinski definition) is 5. The van der Waals surface area contributed by atoms with Crippen molar-refractivity contribution >= 4 is 47.9 Å². The molecule has 0 atom stereocenters. The lowest BCUT2D eigenvalue weighted by molar-refractivity contribution is 0.0983. The number of hydrogen-bond donors (Lipinski definition) is 1. The summed E-state index contributed by atoms with van der Waals surface area (Å²) >= 11 is 0. The third kappa shape index (κ3) is 6.21. The van der Waals surface area contributed by atoms with Crippen LogP contribution in [-0.4, -0.2) is 56.7 Å². The van der Waals surface area contributed by atoms with E-state index in [0.29, 0.717) is 26.2 Å². The molecule has 8 nitrogen and oxygen atoms in total. The number of pyridine rings is 1. The van der Waals surface area contributed by atoms with E-state index in [4.69, 9.17) is 9.72 Å². The highest BCUT2D eigenvalue weighted by Gasteiger charge is 2.25. The average molecular weight is 488 g/mol. The molecule has 176 valence electrons. The van der Waals surface area contributed by atoms with Gasteiger partial charge < -0.3 is 25.0 Å². The van der Waals surface area contributed by atoms with Crippen molar-refractivity contribution in [3.63, 3.8) is 0 Å². The first-order valence-corrected chi connectivity index (χ1v) is 9.87. The number of nitrogens with zero attached hydrogens (tertiary/aromatic N) is 4. The van der Waals surface area contributed by atoms with Crippen LogP contribution in [0.2, 0.25) is 0 Å². The van der Waals surface area contributed by atoms with Gasteiger partial charge in [0.05, 0.1) is 24.9 Å². The maximum absolute atomic E-state index is 13.3. The Morgan fingerprint density at radius 3 is 2.53 bits per heavy atom. The Balaban J connectivity index is 0.00000171. The van der Waals surface area contributed by atoms with Gasteiger partial charge in [-0.05, 0) is 43.5 Å². The summed E-state index contributed by atoms with van der Waals surface area (Å²) in [5.74, 6) is 0.507. The number of benzene rings is 1. The van der Waals surface area contributed by atoms with E-state index < -0.39 is 0 Å². The van der Waals surface area contributed by atoms with Gasteiger partial charge in [-0.15, -0.1) is 24.8 Å². The minimum Gasteiger partial charge on any atom is -0.450 e. The molecular formula is C21H28Cl2FN5O3. The number of rotatable bonds is 5. The quantitative estimate of drug-likeness (QED) is 0.590. The number of carbonyl (C=O) groups excluding carboxylic acids is 1. The van der Waals surface area contributed by atoms with E-state index in [1.807, 2.05) is 13.0 Å². The molecule has 32 heavy (non-hydrogen) atoms. The Hall–Kier alpha value is -2.62. The molecule has 1 saturated heterocycles. The molecule has 1 aromatic carbocycles. The van der Waals surface area contributed by atoms with Gasteiger partial charge in [-0.3, -0.25) is 4.98 Å². The zero-order valence-corrected chi connectivity index (χ0v) is 19.3. The minimum absolute atomic E-state index is 0. The molecule has 1 amide bonds. The standard InChI is InChI=1S/C21H24FN5O2.2ClH.H2O/c1-2-29-21(28)26-11-8-17(9-12-26)24-20-25-18-13-23-10-7-19(18)27(20)14-15-3-5-16(22)6-4-15;;;/h3-7,10,13,17H,2,8-9,11-12,14H2,1H3,(H,24,25);2*1H;1H2. The Labute approximate surface area is 198 Å². The summed E-state index contributed by atoms with van der Waals surface area (Å²) in [6.07, 6.45) is 4.87. The van der Waals surface area contributed by atoms with Crippen LogP contribution >= 0.6 is 24.8 Å². The minimum atomic E-state index is -0.250. The van der Waals surface area contributed by atoms with Crippen LogP contribution in [0.3, 0.4) is 0 Å². The third-order valence-corrected chi connectivity index (χ3v) is 5.16. The van der Waals surface area contributed by atoms with Gasteiger partial charge in [0, 0.05) is 25.3 Å². The molecule has 3 aromatic rings. The van der Waals surface area contributed by atoms with Crippen LogP contribution in [0.1, 0.15) is 25.3 Å². The molecule has 0 spiro atoms. The third-order valence-electron chi connectivity index (χ3n) is 5.16. The molecule has 0 aliphatic carbocycles. The monoisotopic (exact) mass is 487 g/mol. The van der Waals surface area contributed by atoms with Crippen LogP contribution in [0.5, 0.6) is 0 Å². The number of anilines is 1. The maximum Gasteiger partial charge on any atom is 0.409 e. The number of carbonyl (C=O) groups is 1. The fourth-order valence-electron chi connectivity index (χ4n) is 3.63. The summed E-state index contributed by atoms with van der Waals surface area (Å²) in [7, 11) is 0. The summed E-state index contributed by atoms with van der Waals surface area (Å²) < 4.78 is 20.4. The lowest BCUT2D eigenvalue weighted by Crippen LogP contribution is -2.42. The van der Waals surface area contributed by atoms with Crippen molar-refractivity contribution in [2.24, 2.45) is 0 Å². The SMILES string of the molecule is CCOC(=O)N1CCC(Nc2nc3cnccc3n2Cc2ccc(F)cc2)CC1.Cl.Cl.O. The Morgan fingerprint density at radius 1 is 1.19 bits per heavy atom. The van der Waals surface area contributed by atoms with Crippen LogP contribution < -0.4 is 5.32 Å². The normalized spacial score (nSPS) is 13.5. The fourth-order valence-corrected chi connectivity index (χ4v) is 3.63. The van der Waals surface area contributed by atoms with E-state index in [2.05, 4.69) is 14.9 Å². The molecular weight excluding hydrogens is 460 g/mol. The highest BCUT2D eigenvalue weighted by atomic mass is 35.5. The van der Waals surface area contributed by atoms with Crippen molar-refractivity contribution in [2.75, 3.05) is 25.0 Å². The lowest BCUT2D eigenvalue weighted by atomic mass is 10.1. The number of amides is 1. The van der Waals surface area contributed by atoms with Crippen LogP contribution in [0.4, 0.5) is 15.1 Å². The Morgan fingerprint density at radius 2 is 1.88 bits per heavy atom. The lowest BCUT2D eigenvalue weighted by Gasteiger charge is -2.31. The smallest absolute Gasteiger partial charge is 0.409 e. The number of nitrogens with one attached hydrogen (secondary N) is 1. The summed E-state index contributed by atoms with van der Waals surface area (Å²) in [4.78, 5) is 22.5. The average Bonchev–Trinajstić information content (AvgIpc) is 3.07. The van der Waals surface area contributed by atoms with E-state index in [9.17, 15) is 9.18 Å². The molecule has 0 bridgehead atoms. The molecule has 11 heteroatoms. The second kappa shape index (κ2) is 12.4. The topological polar surface area (TPSA) is 104 Å². The van der Waals surface area contributed by atoms with Gasteiger partial charge in [0.1, 0.15) is 11.3 Å². The molecule has 3 N–H and O–H groups in total. The summed E-state index contributed by atoms with van der Waals surface area (Å²) in [5, 5.41) is 3.53. The first kappa shape index (κ1) is 27.4. The predicted molar refractivity (Wildman–Crippen MR) is 126 cm³/mol. The number of aromatic nitrogens is 3. The van der Waals surface area contributed by atoms with Crippen molar-refractivity contribution < 1.29 is 19.4 Å². The van der Waals surface area contributed by atoms with Gasteiger partial charge in [-0.2, -0.15) is 0 Å². The number of ether oxygens (including phenoxy) is 1. The summed E-state index contributed by atoms with van der Waals surface area (Å²) in [6.45, 7) is 4.07. The Bertz CT molecular complexity index is 995. The zero-order valence-electron chi connectivity index (χ0n) is 17.7. The molecule has 0 radical (unpaired) electrons. The highest BCUT2D eigenvalue weighted by molar-refractivity contribution is 5.85. The van der Waals surface area contributed by atoms with E-state index in [0.717, 1.165) is 35.4 Å². The van der Waals surface area contributed by atoms with Gasteiger partial charge in [-0.25, -0.2) is 14.2 Å². The fraction of sp³-hybridized carbons (Fsp3) is 0.381. The highest BCUT2D eigenvalue weighted by Crippen LogP contribution is 2.23. The number of halogens is 3. The second-order valence-corrected chi connectivity index (χ2v) is 7.12. The van der Waals surface area contributed by atoms with Crippen LogP contribution in [-0.2, 0) is 11.3 Å². The molecule has 2 aromatic heterocycles. The van der Waals surface area contributed by atoms with Crippen LogP contribution in [0.25, 0.3) is 11.0 Å². The maximum atomic E-state index is 13.3. The zero-order chi connectivity index (χ0) is 20.2. The van der Waals surface area contributed by atoms with E-state index in [1.54, 1.807) is 29.4 Å². The van der Waals surface area contributed by atoms with Gasteiger partial charge in [-0.1, -0.05) is 12.1 Å². The van der Waals surface area contributed by atoms with E-state index >= 15 is 0 Å². The molecule has 0 unspecified atom stereocenters. The van der Waals surface area contributed by atoms with E-state index in [1.165, 1.54) is 12.1 Å². The Kier molecular flexibility index (Phi) is 10.6. The van der Waals surface area contributed by atoms with Crippen molar-refractivity contribution in [1.29, 1.82) is 0 Å². The molecule has 1 fully saturated rings. The predicted octanol–water partition coefficient (Wildman–Crippen LogP) is 3.67. The molecule has 4 rings (SSSR count). The molecule has 0 saturated carbocycles. The van der Waals surface area contributed by atoms with Crippen molar-refractivity contribution in [2.45, 2.75) is 32.4 Å². The van der Waals surface area contributed by atoms with Crippen molar-refractivity contribution in [1.82, 2.24) is 19.4 Å². The first-order valence-electron chi connectivity index (χ1n) is 9.87. The number of imidazole rings is 1. The van der Waals surface area contributed by atoms with Gasteiger partial charge in [0.15, 0.2) is 0 Å².